The molecule has 1 aromatic heterocycles. The highest BCUT2D eigenvalue weighted by Gasteiger charge is 2.16. The summed E-state index contributed by atoms with van der Waals surface area (Å²) < 4.78 is 5.17. The molecule has 1 aromatic rings. The predicted octanol–water partition coefficient (Wildman–Crippen LogP) is 10.4. The second-order valence-electron chi connectivity index (χ2n) is 10.9. The quantitative estimate of drug-likeness (QED) is 0.0930. The maximum atomic E-state index is 2.60. The van der Waals surface area contributed by atoms with Gasteiger partial charge in [0.05, 0.1) is 13.1 Å². The number of rotatable bonds is 26. The Hall–Kier alpha value is -0.790. The summed E-state index contributed by atoms with van der Waals surface area (Å²) in [6.45, 7) is 9.36. The summed E-state index contributed by atoms with van der Waals surface area (Å²) in [5.74, 6) is 1.60. The Kier molecular flexibility index (Phi) is 22.0. The molecular formula is C32H63N2+. The molecular weight excluding hydrogens is 412 g/mol. The fourth-order valence-corrected chi connectivity index (χ4v) is 5.26. The fourth-order valence-electron chi connectivity index (χ4n) is 5.26. The van der Waals surface area contributed by atoms with Crippen molar-refractivity contribution in [2.24, 2.45) is 0 Å². The van der Waals surface area contributed by atoms with Crippen molar-refractivity contribution in [1.29, 1.82) is 0 Å². The van der Waals surface area contributed by atoms with Gasteiger partial charge in [0, 0.05) is 6.42 Å². The molecule has 0 unspecified atom stereocenters. The molecule has 0 aliphatic heterocycles. The van der Waals surface area contributed by atoms with Crippen LogP contribution >= 0.6 is 0 Å². The molecule has 2 heteroatoms. The van der Waals surface area contributed by atoms with Gasteiger partial charge in [-0.3, -0.25) is 0 Å². The molecule has 0 amide bonds. The van der Waals surface area contributed by atoms with Crippen LogP contribution in [0.1, 0.15) is 174 Å². The molecule has 0 saturated carbocycles. The van der Waals surface area contributed by atoms with Gasteiger partial charge in [0.25, 0.3) is 5.82 Å². The number of imidazole rings is 1. The standard InChI is InChI=1S/C32H63N2/c1-4-7-10-12-14-15-16-17-18-19-20-21-23-26-29-34-31-30-33(28-25-9-6-3)32(34)27-24-22-13-11-8-5-2/h30-31H,4-29H2,1-3H3/q+1. The molecule has 2 nitrogen and oxygen atoms in total. The molecule has 0 N–H and O–H groups in total. The van der Waals surface area contributed by atoms with Crippen LogP contribution in [0.3, 0.4) is 0 Å². The van der Waals surface area contributed by atoms with Crippen LogP contribution in [-0.2, 0) is 19.5 Å². The predicted molar refractivity (Wildman–Crippen MR) is 152 cm³/mol. The molecule has 0 aliphatic carbocycles. The number of unbranched alkanes of at least 4 members (excludes halogenated alkanes) is 20. The van der Waals surface area contributed by atoms with Crippen LogP contribution in [0, 0.1) is 0 Å². The smallest absolute Gasteiger partial charge is 0.234 e. The van der Waals surface area contributed by atoms with Crippen molar-refractivity contribution in [2.75, 3.05) is 0 Å². The van der Waals surface area contributed by atoms with Crippen molar-refractivity contribution in [3.8, 4) is 0 Å². The highest BCUT2D eigenvalue weighted by atomic mass is 15.1. The number of aryl methyl sites for hydroxylation is 2. The van der Waals surface area contributed by atoms with Gasteiger partial charge in [0.15, 0.2) is 0 Å². The van der Waals surface area contributed by atoms with Gasteiger partial charge in [0.1, 0.15) is 12.4 Å². The molecule has 0 saturated heterocycles. The third-order valence-electron chi connectivity index (χ3n) is 7.60. The summed E-state index contributed by atoms with van der Waals surface area (Å²) in [4.78, 5) is 0. The van der Waals surface area contributed by atoms with Gasteiger partial charge in [-0.25, -0.2) is 9.13 Å². The summed E-state index contributed by atoms with van der Waals surface area (Å²) in [5.41, 5.74) is 0. The lowest BCUT2D eigenvalue weighted by molar-refractivity contribution is -0.704. The Bertz CT molecular complexity index is 533. The van der Waals surface area contributed by atoms with E-state index in [4.69, 9.17) is 0 Å². The first-order valence-corrected chi connectivity index (χ1v) is 15.9. The Labute approximate surface area is 215 Å². The minimum atomic E-state index is 1.21. The van der Waals surface area contributed by atoms with Gasteiger partial charge in [-0.1, -0.05) is 136 Å². The number of hydrogen-bond acceptors (Lipinski definition) is 0. The zero-order valence-corrected chi connectivity index (χ0v) is 23.9. The van der Waals surface area contributed by atoms with E-state index in [9.17, 15) is 0 Å². The second kappa shape index (κ2) is 23.9. The summed E-state index contributed by atoms with van der Waals surface area (Å²) in [5, 5.41) is 0. The third kappa shape index (κ3) is 16.8. The van der Waals surface area contributed by atoms with Crippen LogP contribution in [0.5, 0.6) is 0 Å². The maximum Gasteiger partial charge on any atom is 0.256 e. The first-order valence-electron chi connectivity index (χ1n) is 15.9. The van der Waals surface area contributed by atoms with Crippen LogP contribution in [-0.4, -0.2) is 4.57 Å². The SMILES string of the molecule is CCCCCCCCCCCCCCCCn1cc[n+](CCCCC)c1CCCCCCCC. The van der Waals surface area contributed by atoms with Gasteiger partial charge < -0.3 is 0 Å². The highest BCUT2D eigenvalue weighted by Crippen LogP contribution is 2.14. The molecule has 1 rings (SSSR count). The van der Waals surface area contributed by atoms with Gasteiger partial charge >= 0.3 is 0 Å². The first kappa shape index (κ1) is 31.2. The Morgan fingerprint density at radius 1 is 0.500 bits per heavy atom. The van der Waals surface area contributed by atoms with E-state index < -0.39 is 0 Å². The Morgan fingerprint density at radius 3 is 1.41 bits per heavy atom. The van der Waals surface area contributed by atoms with Crippen LogP contribution in [0.15, 0.2) is 12.4 Å². The summed E-state index contributed by atoms with van der Waals surface area (Å²) >= 11 is 0. The lowest BCUT2D eigenvalue weighted by Gasteiger charge is -2.07. The molecule has 0 fully saturated rings. The van der Waals surface area contributed by atoms with E-state index in [1.165, 1.54) is 167 Å². The second-order valence-corrected chi connectivity index (χ2v) is 10.9. The molecule has 0 spiro atoms. The lowest BCUT2D eigenvalue weighted by Crippen LogP contribution is -2.37. The zero-order valence-electron chi connectivity index (χ0n) is 23.9. The van der Waals surface area contributed by atoms with Crippen molar-refractivity contribution in [1.82, 2.24) is 4.57 Å². The van der Waals surface area contributed by atoms with Gasteiger partial charge in [0.2, 0.25) is 0 Å². The number of nitrogens with zero attached hydrogens (tertiary/aromatic N) is 2. The monoisotopic (exact) mass is 475 g/mol. The van der Waals surface area contributed by atoms with E-state index in [0.29, 0.717) is 0 Å². The normalized spacial score (nSPS) is 11.5. The summed E-state index contributed by atoms with van der Waals surface area (Å²) in [6.07, 6.45) is 38.5. The fraction of sp³-hybridized carbons (Fsp3) is 0.906. The third-order valence-corrected chi connectivity index (χ3v) is 7.60. The topological polar surface area (TPSA) is 8.81 Å². The van der Waals surface area contributed by atoms with E-state index in [0.717, 1.165) is 0 Å². The van der Waals surface area contributed by atoms with E-state index in [2.05, 4.69) is 42.3 Å². The van der Waals surface area contributed by atoms with Crippen LogP contribution in [0.4, 0.5) is 0 Å². The minimum Gasteiger partial charge on any atom is -0.234 e. The molecule has 34 heavy (non-hydrogen) atoms. The Morgan fingerprint density at radius 2 is 0.912 bits per heavy atom. The highest BCUT2D eigenvalue weighted by molar-refractivity contribution is 4.84. The van der Waals surface area contributed by atoms with Crippen LogP contribution in [0.2, 0.25) is 0 Å². The first-order chi connectivity index (χ1) is 16.8. The van der Waals surface area contributed by atoms with Crippen molar-refractivity contribution in [3.63, 3.8) is 0 Å². The average Bonchev–Trinajstić information content (AvgIpc) is 3.23. The van der Waals surface area contributed by atoms with Crippen LogP contribution < -0.4 is 4.57 Å². The number of hydrogen-bond donors (Lipinski definition) is 0. The molecule has 0 aromatic carbocycles. The van der Waals surface area contributed by atoms with E-state index >= 15 is 0 Å². The average molecular weight is 476 g/mol. The molecule has 0 radical (unpaired) electrons. The van der Waals surface area contributed by atoms with Gasteiger partial charge in [-0.15, -0.1) is 0 Å². The molecule has 0 bridgehead atoms. The van der Waals surface area contributed by atoms with Crippen molar-refractivity contribution in [3.05, 3.63) is 18.2 Å². The van der Waals surface area contributed by atoms with E-state index in [-0.39, 0.29) is 0 Å². The lowest BCUT2D eigenvalue weighted by atomic mass is 10.0. The molecule has 1 heterocycles. The Balaban J connectivity index is 2.17. The maximum absolute atomic E-state index is 2.60. The minimum absolute atomic E-state index is 1.21. The zero-order chi connectivity index (χ0) is 24.5. The van der Waals surface area contributed by atoms with Gasteiger partial charge in [-0.05, 0) is 32.1 Å². The molecule has 200 valence electrons. The molecule has 0 aliphatic rings. The van der Waals surface area contributed by atoms with Crippen molar-refractivity contribution < 1.29 is 4.57 Å². The number of aromatic nitrogens is 2. The largest absolute Gasteiger partial charge is 0.256 e. The summed E-state index contributed by atoms with van der Waals surface area (Å²) in [7, 11) is 0. The summed E-state index contributed by atoms with van der Waals surface area (Å²) in [6, 6.07) is 0. The van der Waals surface area contributed by atoms with Gasteiger partial charge in [-0.2, -0.15) is 0 Å². The van der Waals surface area contributed by atoms with Crippen molar-refractivity contribution in [2.45, 2.75) is 188 Å². The van der Waals surface area contributed by atoms with E-state index in [1.807, 2.05) is 0 Å². The van der Waals surface area contributed by atoms with Crippen LogP contribution in [0.25, 0.3) is 0 Å². The van der Waals surface area contributed by atoms with Crippen molar-refractivity contribution >= 4 is 0 Å². The molecule has 0 atom stereocenters. The van der Waals surface area contributed by atoms with E-state index in [1.54, 1.807) is 5.82 Å².